The summed E-state index contributed by atoms with van der Waals surface area (Å²) in [6.07, 6.45) is -3.14. The molecule has 2 aliphatic rings. The number of nitrogens with zero attached hydrogens (tertiary/aromatic N) is 1. The van der Waals surface area contributed by atoms with Crippen LogP contribution >= 0.6 is 0 Å². The monoisotopic (exact) mass is 398 g/mol. The largest absolute Gasteiger partial charge is 0.457 e. The van der Waals surface area contributed by atoms with Gasteiger partial charge >= 0.3 is 5.25 Å². The highest BCUT2D eigenvalue weighted by atomic mass is 32.2. The standard InChI is InChI=1S/C17H10F4N2O3S/c18-9-3-8(7-22)4-10(5-9)26-12-1-2-13-15-14(12)11(19)6-16(15,24)17(20,21)27(13,23)25/h1-5,11,23-24H,6H2. The highest BCUT2D eigenvalue weighted by Gasteiger charge is 2.72. The molecule has 3 atom stereocenters. The molecule has 0 saturated heterocycles. The third-order valence-electron chi connectivity index (χ3n) is 4.75. The Bertz CT molecular complexity index is 1140. The van der Waals surface area contributed by atoms with Crippen LogP contribution in [0.3, 0.4) is 0 Å². The van der Waals surface area contributed by atoms with Crippen molar-refractivity contribution in [3.05, 3.63) is 52.8 Å². The fraction of sp³-hybridized carbons (Fsp3) is 0.235. The summed E-state index contributed by atoms with van der Waals surface area (Å²) in [4.78, 5) is -0.644. The first kappa shape index (κ1) is 17.8. The van der Waals surface area contributed by atoms with Crippen molar-refractivity contribution in [2.24, 2.45) is 0 Å². The minimum absolute atomic E-state index is 0.0726. The second kappa shape index (κ2) is 5.21. The molecule has 5 nitrogen and oxygen atoms in total. The van der Waals surface area contributed by atoms with E-state index in [1.165, 1.54) is 6.07 Å². The molecule has 0 spiro atoms. The average Bonchev–Trinajstić information content (AvgIpc) is 2.92. The molecule has 2 aromatic carbocycles. The van der Waals surface area contributed by atoms with Gasteiger partial charge in [-0.2, -0.15) is 14.0 Å². The van der Waals surface area contributed by atoms with Crippen LogP contribution in [0.15, 0.2) is 35.2 Å². The van der Waals surface area contributed by atoms with Crippen molar-refractivity contribution < 1.29 is 31.6 Å². The molecule has 1 aliphatic carbocycles. The Balaban J connectivity index is 1.91. The van der Waals surface area contributed by atoms with E-state index in [4.69, 9.17) is 14.8 Å². The zero-order valence-electron chi connectivity index (χ0n) is 13.3. The summed E-state index contributed by atoms with van der Waals surface area (Å²) in [6.45, 7) is 0. The first-order chi connectivity index (χ1) is 12.5. The molecule has 0 saturated carbocycles. The maximum Gasteiger partial charge on any atom is 0.364 e. The number of rotatable bonds is 2. The lowest BCUT2D eigenvalue weighted by molar-refractivity contribution is -0.131. The summed E-state index contributed by atoms with van der Waals surface area (Å²) in [5, 5.41) is 14.9. The molecule has 2 aromatic rings. The second-order valence-electron chi connectivity index (χ2n) is 6.34. The third-order valence-corrected chi connectivity index (χ3v) is 6.77. The van der Waals surface area contributed by atoms with Crippen molar-refractivity contribution in [3.63, 3.8) is 0 Å². The molecular weight excluding hydrogens is 388 g/mol. The van der Waals surface area contributed by atoms with Gasteiger partial charge in [-0.3, -0.25) is 0 Å². The van der Waals surface area contributed by atoms with E-state index in [2.05, 4.69) is 0 Å². The van der Waals surface area contributed by atoms with Crippen LogP contribution in [0.2, 0.25) is 0 Å². The van der Waals surface area contributed by atoms with Gasteiger partial charge in [0.05, 0.1) is 16.5 Å². The summed E-state index contributed by atoms with van der Waals surface area (Å²) in [6, 6.07) is 6.69. The molecule has 0 amide bonds. The van der Waals surface area contributed by atoms with Crippen molar-refractivity contribution in [1.29, 1.82) is 10.0 Å². The maximum atomic E-state index is 14.6. The fourth-order valence-electron chi connectivity index (χ4n) is 3.56. The zero-order chi connectivity index (χ0) is 19.8. The average molecular weight is 398 g/mol. The van der Waals surface area contributed by atoms with Crippen LogP contribution in [-0.2, 0) is 15.3 Å². The van der Waals surface area contributed by atoms with Crippen molar-refractivity contribution in [1.82, 2.24) is 0 Å². The number of hydrogen-bond acceptors (Lipinski definition) is 5. The Hall–Kier alpha value is -2.64. The predicted octanol–water partition coefficient (Wildman–Crippen LogP) is 4.10. The summed E-state index contributed by atoms with van der Waals surface area (Å²) >= 11 is 0. The van der Waals surface area contributed by atoms with Gasteiger partial charge in [0.1, 0.15) is 33.2 Å². The molecule has 10 heteroatoms. The number of halogens is 4. The number of hydrogen-bond donors (Lipinski definition) is 2. The number of benzene rings is 2. The molecule has 0 bridgehead atoms. The molecule has 27 heavy (non-hydrogen) atoms. The Morgan fingerprint density at radius 3 is 2.70 bits per heavy atom. The highest BCUT2D eigenvalue weighted by molar-refractivity contribution is 7.94. The number of aliphatic hydroxyl groups is 1. The quantitative estimate of drug-likeness (QED) is 0.745. The van der Waals surface area contributed by atoms with E-state index in [0.29, 0.717) is 0 Å². The SMILES string of the molecule is N#Cc1cc(F)cc(Oc2ccc3c4c2C(F)CC4(O)C(F)(F)S3(=N)=O)c1. The van der Waals surface area contributed by atoms with Gasteiger partial charge in [0, 0.05) is 23.6 Å². The smallest absolute Gasteiger partial charge is 0.364 e. The van der Waals surface area contributed by atoms with Crippen LogP contribution in [0, 0.1) is 21.9 Å². The van der Waals surface area contributed by atoms with Gasteiger partial charge in [-0.15, -0.1) is 0 Å². The van der Waals surface area contributed by atoms with Crippen molar-refractivity contribution >= 4 is 9.73 Å². The van der Waals surface area contributed by atoms with E-state index in [9.17, 15) is 26.9 Å². The van der Waals surface area contributed by atoms with E-state index in [1.54, 1.807) is 6.07 Å². The molecule has 2 N–H and O–H groups in total. The van der Waals surface area contributed by atoms with Crippen molar-refractivity contribution in [2.45, 2.75) is 28.3 Å². The molecule has 1 heterocycles. The lowest BCUT2D eigenvalue weighted by Crippen LogP contribution is -2.43. The minimum Gasteiger partial charge on any atom is -0.457 e. The van der Waals surface area contributed by atoms with Crippen LogP contribution in [0.25, 0.3) is 0 Å². The van der Waals surface area contributed by atoms with Crippen LogP contribution in [0.1, 0.15) is 29.3 Å². The highest BCUT2D eigenvalue weighted by Crippen LogP contribution is 2.64. The third kappa shape index (κ3) is 2.09. The molecule has 4 rings (SSSR count). The second-order valence-corrected chi connectivity index (χ2v) is 8.41. The lowest BCUT2D eigenvalue weighted by Gasteiger charge is -2.26. The summed E-state index contributed by atoms with van der Waals surface area (Å²) in [7, 11) is -4.70. The van der Waals surface area contributed by atoms with E-state index in [-0.39, 0.29) is 17.1 Å². The first-order valence-electron chi connectivity index (χ1n) is 7.61. The van der Waals surface area contributed by atoms with Crippen LogP contribution in [0.5, 0.6) is 11.5 Å². The van der Waals surface area contributed by atoms with Crippen molar-refractivity contribution in [3.8, 4) is 17.6 Å². The van der Waals surface area contributed by atoms with Crippen LogP contribution in [0.4, 0.5) is 17.6 Å². The zero-order valence-corrected chi connectivity index (χ0v) is 14.1. The van der Waals surface area contributed by atoms with E-state index >= 15 is 0 Å². The minimum atomic E-state index is -4.70. The Morgan fingerprint density at radius 1 is 1.33 bits per heavy atom. The molecule has 1 aliphatic heterocycles. The Morgan fingerprint density at radius 2 is 2.04 bits per heavy atom. The molecule has 0 fully saturated rings. The number of nitriles is 1. The first-order valence-corrected chi connectivity index (χ1v) is 9.17. The summed E-state index contributed by atoms with van der Waals surface area (Å²) in [5.74, 6) is -1.27. The van der Waals surface area contributed by atoms with Gasteiger partial charge in [-0.05, 0) is 24.3 Å². The number of ether oxygens (including phenoxy) is 1. The maximum absolute atomic E-state index is 14.6. The molecule has 140 valence electrons. The predicted molar refractivity (Wildman–Crippen MR) is 84.1 cm³/mol. The van der Waals surface area contributed by atoms with E-state index in [1.807, 2.05) is 0 Å². The van der Waals surface area contributed by atoms with E-state index in [0.717, 1.165) is 24.3 Å². The Kier molecular flexibility index (Phi) is 3.42. The number of nitrogens with one attached hydrogen (secondary N) is 1. The topological polar surface area (TPSA) is 94.2 Å². The van der Waals surface area contributed by atoms with Gasteiger partial charge in [-0.25, -0.2) is 17.8 Å². The summed E-state index contributed by atoms with van der Waals surface area (Å²) < 4.78 is 82.3. The van der Waals surface area contributed by atoms with Gasteiger partial charge in [0.2, 0.25) is 0 Å². The van der Waals surface area contributed by atoms with Gasteiger partial charge in [0.15, 0.2) is 5.60 Å². The van der Waals surface area contributed by atoms with Crippen LogP contribution in [-0.4, -0.2) is 14.6 Å². The molecule has 0 radical (unpaired) electrons. The molecular formula is C17H10F4N2O3S. The van der Waals surface area contributed by atoms with Crippen LogP contribution < -0.4 is 4.74 Å². The molecule has 0 aromatic heterocycles. The van der Waals surface area contributed by atoms with Gasteiger partial charge in [0.25, 0.3) is 0 Å². The molecule has 3 unspecified atom stereocenters. The normalized spacial score (nSPS) is 30.0. The van der Waals surface area contributed by atoms with Crippen molar-refractivity contribution in [2.75, 3.05) is 0 Å². The van der Waals surface area contributed by atoms with Gasteiger partial charge in [-0.1, -0.05) is 0 Å². The van der Waals surface area contributed by atoms with Gasteiger partial charge < -0.3 is 9.84 Å². The van der Waals surface area contributed by atoms with E-state index < -0.39 is 55.0 Å². The Labute approximate surface area is 150 Å². The fourth-order valence-corrected chi connectivity index (χ4v) is 5.33. The lowest BCUT2D eigenvalue weighted by atomic mass is 9.96. The summed E-state index contributed by atoms with van der Waals surface area (Å²) in [5.41, 5.74) is -4.23. The number of alkyl halides is 3.